The molecular weight excluding hydrogens is 276 g/mol. The summed E-state index contributed by atoms with van der Waals surface area (Å²) in [7, 11) is -3.11. The third-order valence-corrected chi connectivity index (χ3v) is 4.59. The molecule has 0 aliphatic carbocycles. The second kappa shape index (κ2) is 6.04. The summed E-state index contributed by atoms with van der Waals surface area (Å²) in [4.78, 5) is 12.5. The first kappa shape index (κ1) is 19.4. The lowest BCUT2D eigenvalue weighted by Crippen LogP contribution is -2.44. The summed E-state index contributed by atoms with van der Waals surface area (Å²) in [6.07, 6.45) is 1.82. The van der Waals surface area contributed by atoms with Crippen LogP contribution in [0.1, 0.15) is 54.9 Å². The van der Waals surface area contributed by atoms with Crippen molar-refractivity contribution in [3.63, 3.8) is 0 Å². The summed E-state index contributed by atoms with van der Waals surface area (Å²) in [5, 5.41) is 0. The molecule has 5 heteroatoms. The van der Waals surface area contributed by atoms with Crippen LogP contribution in [0.2, 0.25) is 0 Å². The number of sulfone groups is 1. The van der Waals surface area contributed by atoms with Crippen LogP contribution in [-0.2, 0) is 19.4 Å². The van der Waals surface area contributed by atoms with E-state index in [1.807, 2.05) is 27.7 Å². The fourth-order valence-corrected chi connectivity index (χ4v) is 2.54. The molecule has 0 heterocycles. The molecule has 0 amide bonds. The molecule has 1 unspecified atom stereocenters. The van der Waals surface area contributed by atoms with E-state index >= 15 is 0 Å². The quantitative estimate of drug-likeness (QED) is 0.732. The molecule has 0 bridgehead atoms. The van der Waals surface area contributed by atoms with Crippen molar-refractivity contribution in [1.82, 2.24) is 0 Å². The molecule has 4 nitrogen and oxygen atoms in total. The summed E-state index contributed by atoms with van der Waals surface area (Å²) < 4.78 is 27.4. The Morgan fingerprint density at radius 3 is 1.75 bits per heavy atom. The van der Waals surface area contributed by atoms with E-state index in [1.54, 1.807) is 0 Å². The van der Waals surface area contributed by atoms with Crippen LogP contribution < -0.4 is 0 Å². The Kier molecular flexibility index (Phi) is 5.87. The zero-order chi connectivity index (χ0) is 16.4. The molecule has 1 atom stereocenters. The van der Waals surface area contributed by atoms with Gasteiger partial charge in [-0.25, -0.2) is 8.42 Å². The van der Waals surface area contributed by atoms with E-state index in [1.165, 1.54) is 0 Å². The van der Waals surface area contributed by atoms with Gasteiger partial charge in [0.05, 0.1) is 11.2 Å². The maximum Gasteiger partial charge on any atom is 0.312 e. The van der Waals surface area contributed by atoms with Crippen LogP contribution in [0, 0.1) is 16.2 Å². The lowest BCUT2D eigenvalue weighted by atomic mass is 9.61. The van der Waals surface area contributed by atoms with Crippen molar-refractivity contribution in [1.29, 1.82) is 0 Å². The van der Waals surface area contributed by atoms with Crippen LogP contribution in [0.25, 0.3) is 0 Å². The highest BCUT2D eigenvalue weighted by molar-refractivity contribution is 7.90. The van der Waals surface area contributed by atoms with Crippen LogP contribution >= 0.6 is 0 Å². The Labute approximate surface area is 124 Å². The lowest BCUT2D eigenvalue weighted by Gasteiger charge is -2.43. The first-order valence-corrected chi connectivity index (χ1v) is 8.99. The van der Waals surface area contributed by atoms with Gasteiger partial charge in [0.2, 0.25) is 0 Å². The van der Waals surface area contributed by atoms with Crippen molar-refractivity contribution < 1.29 is 17.9 Å². The molecule has 0 aromatic heterocycles. The summed E-state index contributed by atoms with van der Waals surface area (Å²) in [6, 6.07) is 0. The number of esters is 1. The van der Waals surface area contributed by atoms with Gasteiger partial charge >= 0.3 is 5.97 Å². The summed E-state index contributed by atoms with van der Waals surface area (Å²) in [5.74, 6) is -0.447. The summed E-state index contributed by atoms with van der Waals surface area (Å²) >= 11 is 0. The smallest absolute Gasteiger partial charge is 0.312 e. The van der Waals surface area contributed by atoms with E-state index in [2.05, 4.69) is 20.8 Å². The zero-order valence-electron chi connectivity index (χ0n) is 14.2. The number of ether oxygens (including phenoxy) is 1. The molecule has 0 radical (unpaired) electrons. The van der Waals surface area contributed by atoms with Crippen molar-refractivity contribution in [3.05, 3.63) is 0 Å². The fraction of sp³-hybridized carbons (Fsp3) is 0.933. The highest BCUT2D eigenvalue weighted by Gasteiger charge is 2.47. The average Bonchev–Trinajstić information content (AvgIpc) is 2.10. The summed E-state index contributed by atoms with van der Waals surface area (Å²) in [6.45, 7) is 14.1. The molecule has 0 saturated carbocycles. The molecular formula is C15H30O4S. The number of carbonyl (C=O) groups is 1. The molecule has 0 aromatic carbocycles. The number of carbonyl (C=O) groups excluding carboxylic acids is 1. The second-order valence-electron chi connectivity index (χ2n) is 8.09. The fourth-order valence-electron chi connectivity index (χ4n) is 2.15. The molecule has 0 spiro atoms. The van der Waals surface area contributed by atoms with Crippen molar-refractivity contribution in [3.8, 4) is 0 Å². The molecule has 0 aliphatic rings. The van der Waals surface area contributed by atoms with E-state index in [0.717, 1.165) is 6.26 Å². The molecule has 120 valence electrons. The predicted molar refractivity (Wildman–Crippen MR) is 82.3 cm³/mol. The SMILES string of the molecule is CC(C)(C)CC(C)(C(=O)OCCS(C)(=O)=O)C(C)(C)C. The summed E-state index contributed by atoms with van der Waals surface area (Å²) in [5.41, 5.74) is -0.927. The van der Waals surface area contributed by atoms with Crippen molar-refractivity contribution in [2.75, 3.05) is 18.6 Å². The van der Waals surface area contributed by atoms with Gasteiger partial charge in [0.15, 0.2) is 9.84 Å². The second-order valence-corrected chi connectivity index (χ2v) is 10.3. The average molecular weight is 306 g/mol. The zero-order valence-corrected chi connectivity index (χ0v) is 15.0. The minimum Gasteiger partial charge on any atom is -0.464 e. The predicted octanol–water partition coefficient (Wildman–Crippen LogP) is 3.06. The van der Waals surface area contributed by atoms with E-state index in [-0.39, 0.29) is 29.2 Å². The number of rotatable bonds is 5. The largest absolute Gasteiger partial charge is 0.464 e. The van der Waals surface area contributed by atoms with Crippen molar-refractivity contribution in [2.45, 2.75) is 54.9 Å². The Morgan fingerprint density at radius 1 is 1.00 bits per heavy atom. The minimum absolute atomic E-state index is 0.0160. The van der Waals surface area contributed by atoms with E-state index < -0.39 is 15.3 Å². The molecule has 0 saturated heterocycles. The van der Waals surface area contributed by atoms with E-state index in [0.29, 0.717) is 6.42 Å². The standard InChI is InChI=1S/C15H30O4S/c1-13(2,3)11-15(7,14(4,5)6)12(16)19-9-10-20(8,17)18/h9-11H2,1-8H3. The van der Waals surface area contributed by atoms with Gasteiger partial charge in [-0.15, -0.1) is 0 Å². The van der Waals surface area contributed by atoms with Crippen LogP contribution in [0.5, 0.6) is 0 Å². The minimum atomic E-state index is -3.11. The normalized spacial score (nSPS) is 16.6. The number of hydrogen-bond acceptors (Lipinski definition) is 4. The van der Waals surface area contributed by atoms with E-state index in [9.17, 15) is 13.2 Å². The molecule has 20 heavy (non-hydrogen) atoms. The number of hydrogen-bond donors (Lipinski definition) is 0. The van der Waals surface area contributed by atoms with Crippen LogP contribution in [0.3, 0.4) is 0 Å². The highest BCUT2D eigenvalue weighted by atomic mass is 32.2. The third kappa shape index (κ3) is 6.25. The molecule has 0 fully saturated rings. The van der Waals surface area contributed by atoms with Gasteiger partial charge in [-0.1, -0.05) is 41.5 Å². The molecule has 0 aliphatic heterocycles. The Morgan fingerprint density at radius 2 is 1.45 bits per heavy atom. The monoisotopic (exact) mass is 306 g/mol. The maximum absolute atomic E-state index is 12.5. The van der Waals surface area contributed by atoms with Crippen LogP contribution in [0.15, 0.2) is 0 Å². The Balaban J connectivity index is 5.02. The molecule has 0 rings (SSSR count). The van der Waals surface area contributed by atoms with Gasteiger partial charge in [-0.05, 0) is 24.2 Å². The molecule has 0 aromatic rings. The maximum atomic E-state index is 12.5. The van der Waals surface area contributed by atoms with Gasteiger partial charge in [0.1, 0.15) is 6.61 Å². The van der Waals surface area contributed by atoms with Gasteiger partial charge < -0.3 is 4.74 Å². The topological polar surface area (TPSA) is 60.4 Å². The van der Waals surface area contributed by atoms with Gasteiger partial charge in [0, 0.05) is 6.26 Å². The lowest BCUT2D eigenvalue weighted by molar-refractivity contribution is -0.164. The Hall–Kier alpha value is -0.580. The van der Waals surface area contributed by atoms with Crippen molar-refractivity contribution >= 4 is 15.8 Å². The highest BCUT2D eigenvalue weighted by Crippen LogP contribution is 2.47. The van der Waals surface area contributed by atoms with E-state index in [4.69, 9.17) is 4.74 Å². The first-order valence-electron chi connectivity index (χ1n) is 6.93. The third-order valence-electron chi connectivity index (χ3n) is 3.68. The van der Waals surface area contributed by atoms with Gasteiger partial charge in [-0.2, -0.15) is 0 Å². The van der Waals surface area contributed by atoms with Crippen LogP contribution in [0.4, 0.5) is 0 Å². The first-order chi connectivity index (χ1) is 8.58. The molecule has 0 N–H and O–H groups in total. The van der Waals surface area contributed by atoms with Gasteiger partial charge in [0.25, 0.3) is 0 Å². The van der Waals surface area contributed by atoms with Gasteiger partial charge in [-0.3, -0.25) is 4.79 Å². The van der Waals surface area contributed by atoms with Crippen LogP contribution in [-0.4, -0.2) is 33.0 Å². The van der Waals surface area contributed by atoms with Crippen molar-refractivity contribution in [2.24, 2.45) is 16.2 Å². The Bertz CT molecular complexity index is 437.